The third-order valence-electron chi connectivity index (χ3n) is 7.66. The number of fused-ring (bicyclic) bond motifs is 4. The fourth-order valence-corrected chi connectivity index (χ4v) is 6.27. The second-order valence-electron chi connectivity index (χ2n) is 8.42. The predicted molar refractivity (Wildman–Crippen MR) is 105 cm³/mol. The summed E-state index contributed by atoms with van der Waals surface area (Å²) in [5.41, 5.74) is 4.90. The largest absolute Gasteiger partial charge is 0.497 e. The van der Waals surface area contributed by atoms with Crippen LogP contribution in [0.15, 0.2) is 29.8 Å². The van der Waals surface area contributed by atoms with Crippen molar-refractivity contribution in [3.8, 4) is 5.75 Å². The number of aliphatic hydroxyl groups is 2. The number of ether oxygens (including phenoxy) is 1. The molecule has 0 amide bonds. The summed E-state index contributed by atoms with van der Waals surface area (Å²) >= 11 is 0. The van der Waals surface area contributed by atoms with Crippen LogP contribution in [0, 0.1) is 11.3 Å². The summed E-state index contributed by atoms with van der Waals surface area (Å²) < 4.78 is 7.78. The Hall–Kier alpha value is -1.82. The van der Waals surface area contributed by atoms with Gasteiger partial charge in [-0.15, -0.1) is 0 Å². The molecule has 4 bridgehead atoms. The standard InChI is InChI=1S/C22H28N2O3/c1-4-13-10-24-19-9-17(13)22(11-25,12-26)20(24)8-16-15-6-5-14(27-3)7-18(15)23(2)21(16)19/h4-7,17,19-20,25-26H,8-12H2,1-3H3/b13-4-/t17-,19-,20-/m0/s1. The van der Waals surface area contributed by atoms with Gasteiger partial charge in [0.1, 0.15) is 5.75 Å². The zero-order valence-electron chi connectivity index (χ0n) is 16.3. The van der Waals surface area contributed by atoms with Crippen LogP contribution in [0.1, 0.15) is 30.6 Å². The first-order valence-electron chi connectivity index (χ1n) is 9.87. The summed E-state index contributed by atoms with van der Waals surface area (Å²) in [5.74, 6) is 1.12. The van der Waals surface area contributed by atoms with E-state index in [1.807, 2.05) is 6.07 Å². The van der Waals surface area contributed by atoms with Crippen LogP contribution in [0.2, 0.25) is 0 Å². The van der Waals surface area contributed by atoms with E-state index in [4.69, 9.17) is 4.74 Å². The van der Waals surface area contributed by atoms with Gasteiger partial charge in [-0.05, 0) is 43.4 Å². The molecule has 5 heteroatoms. The third kappa shape index (κ3) is 2.00. The van der Waals surface area contributed by atoms with Crippen LogP contribution in [-0.4, -0.2) is 52.6 Å². The van der Waals surface area contributed by atoms with Crippen LogP contribution in [0.3, 0.4) is 0 Å². The van der Waals surface area contributed by atoms with Crippen LogP contribution in [-0.2, 0) is 13.5 Å². The highest BCUT2D eigenvalue weighted by Gasteiger charge is 2.60. The van der Waals surface area contributed by atoms with Crippen molar-refractivity contribution in [2.75, 3.05) is 26.9 Å². The number of benzene rings is 1. The lowest BCUT2D eigenvalue weighted by Crippen LogP contribution is -2.68. The van der Waals surface area contributed by atoms with E-state index >= 15 is 0 Å². The van der Waals surface area contributed by atoms with Gasteiger partial charge in [0.2, 0.25) is 0 Å². The molecule has 144 valence electrons. The second kappa shape index (κ2) is 5.84. The Bertz CT molecular complexity index is 941. The maximum Gasteiger partial charge on any atom is 0.120 e. The lowest BCUT2D eigenvalue weighted by atomic mass is 9.55. The molecule has 4 aliphatic heterocycles. The van der Waals surface area contributed by atoms with Crippen molar-refractivity contribution in [1.29, 1.82) is 0 Å². The molecule has 5 heterocycles. The molecular weight excluding hydrogens is 340 g/mol. The number of piperidine rings is 3. The van der Waals surface area contributed by atoms with Crippen molar-refractivity contribution >= 4 is 10.9 Å². The molecule has 2 N–H and O–H groups in total. The molecule has 1 aromatic heterocycles. The Morgan fingerprint density at radius 1 is 1.30 bits per heavy atom. The quantitative estimate of drug-likeness (QED) is 0.817. The van der Waals surface area contributed by atoms with E-state index in [1.54, 1.807) is 7.11 Å². The molecule has 6 rings (SSSR count). The average molecular weight is 368 g/mol. The van der Waals surface area contributed by atoms with Gasteiger partial charge < -0.3 is 19.5 Å². The molecule has 2 aromatic rings. The van der Waals surface area contributed by atoms with Gasteiger partial charge in [-0.25, -0.2) is 0 Å². The Kier molecular flexibility index (Phi) is 3.74. The highest BCUT2D eigenvalue weighted by molar-refractivity contribution is 5.87. The van der Waals surface area contributed by atoms with Crippen LogP contribution in [0.4, 0.5) is 0 Å². The highest BCUT2D eigenvalue weighted by atomic mass is 16.5. The van der Waals surface area contributed by atoms with E-state index in [1.165, 1.54) is 27.7 Å². The highest BCUT2D eigenvalue weighted by Crippen LogP contribution is 2.59. The Balaban J connectivity index is 1.73. The molecule has 0 saturated carbocycles. The zero-order valence-corrected chi connectivity index (χ0v) is 16.3. The van der Waals surface area contributed by atoms with Crippen molar-refractivity contribution in [3.05, 3.63) is 41.1 Å². The minimum atomic E-state index is -0.455. The normalized spacial score (nSPS) is 32.1. The first-order chi connectivity index (χ1) is 13.1. The van der Waals surface area contributed by atoms with Crippen molar-refractivity contribution < 1.29 is 14.9 Å². The SMILES string of the molecule is C/C=C1/CN2[C@H]3Cc4c(n(C)c5cc(OC)ccc45)[C@@H]2C[C@@H]1C3(CO)CO. The summed E-state index contributed by atoms with van der Waals surface area (Å²) in [7, 11) is 3.86. The molecule has 1 aromatic carbocycles. The Morgan fingerprint density at radius 3 is 2.74 bits per heavy atom. The molecule has 5 nitrogen and oxygen atoms in total. The van der Waals surface area contributed by atoms with Crippen molar-refractivity contribution in [2.24, 2.45) is 18.4 Å². The summed E-state index contributed by atoms with van der Waals surface area (Å²) in [4.78, 5) is 2.54. The fraction of sp³-hybridized carbons (Fsp3) is 0.545. The average Bonchev–Trinajstić information content (AvgIpc) is 2.99. The number of rotatable bonds is 3. The van der Waals surface area contributed by atoms with Gasteiger partial charge in [0, 0.05) is 42.2 Å². The van der Waals surface area contributed by atoms with Crippen LogP contribution < -0.4 is 4.74 Å². The number of nitrogens with zero attached hydrogens (tertiary/aromatic N) is 2. The molecular formula is C22H28N2O3. The zero-order chi connectivity index (χ0) is 18.9. The van der Waals surface area contributed by atoms with E-state index in [0.29, 0.717) is 6.04 Å². The van der Waals surface area contributed by atoms with Gasteiger partial charge in [0.25, 0.3) is 0 Å². The molecule has 4 aliphatic rings. The predicted octanol–water partition coefficient (Wildman–Crippen LogP) is 2.41. The fourth-order valence-electron chi connectivity index (χ4n) is 6.27. The lowest BCUT2D eigenvalue weighted by Gasteiger charge is -2.63. The van der Waals surface area contributed by atoms with Crippen molar-refractivity contribution in [3.63, 3.8) is 0 Å². The summed E-state index contributed by atoms with van der Waals surface area (Å²) in [6.45, 7) is 3.10. The van der Waals surface area contributed by atoms with Crippen LogP contribution in [0.25, 0.3) is 10.9 Å². The monoisotopic (exact) mass is 368 g/mol. The first-order valence-corrected chi connectivity index (χ1v) is 9.87. The van der Waals surface area contributed by atoms with E-state index in [0.717, 1.165) is 25.1 Å². The van der Waals surface area contributed by atoms with Crippen molar-refractivity contribution in [1.82, 2.24) is 9.47 Å². The molecule has 27 heavy (non-hydrogen) atoms. The maximum absolute atomic E-state index is 10.4. The van der Waals surface area contributed by atoms with Crippen LogP contribution >= 0.6 is 0 Å². The van der Waals surface area contributed by atoms with Gasteiger partial charge in [-0.3, -0.25) is 4.90 Å². The second-order valence-corrected chi connectivity index (χ2v) is 8.42. The number of allylic oxidation sites excluding steroid dienone is 1. The minimum Gasteiger partial charge on any atom is -0.497 e. The summed E-state index contributed by atoms with van der Waals surface area (Å²) in [5, 5.41) is 22.1. The molecule has 3 fully saturated rings. The Labute approximate surface area is 159 Å². The summed E-state index contributed by atoms with van der Waals surface area (Å²) in [6.07, 6.45) is 4.04. The molecule has 0 spiro atoms. The number of aryl methyl sites for hydroxylation is 1. The lowest BCUT2D eigenvalue weighted by molar-refractivity contribution is -0.141. The van der Waals surface area contributed by atoms with Gasteiger partial charge >= 0.3 is 0 Å². The number of aliphatic hydroxyl groups excluding tert-OH is 2. The van der Waals surface area contributed by atoms with E-state index < -0.39 is 5.41 Å². The molecule has 1 unspecified atom stereocenters. The Morgan fingerprint density at radius 2 is 2.07 bits per heavy atom. The van der Waals surface area contributed by atoms with Gasteiger partial charge in [0.05, 0.1) is 31.9 Å². The van der Waals surface area contributed by atoms with E-state index in [9.17, 15) is 10.2 Å². The van der Waals surface area contributed by atoms with Gasteiger partial charge in [0.15, 0.2) is 0 Å². The number of hydrogen-bond acceptors (Lipinski definition) is 4. The first kappa shape index (κ1) is 17.3. The van der Waals surface area contributed by atoms with Gasteiger partial charge in [-0.1, -0.05) is 11.6 Å². The molecule has 0 aliphatic carbocycles. The number of methoxy groups -OCH3 is 1. The molecule has 0 radical (unpaired) electrons. The third-order valence-corrected chi connectivity index (χ3v) is 7.66. The van der Waals surface area contributed by atoms with Crippen molar-refractivity contribution in [2.45, 2.75) is 31.8 Å². The maximum atomic E-state index is 10.4. The van der Waals surface area contributed by atoms with Gasteiger partial charge in [-0.2, -0.15) is 0 Å². The molecule has 3 saturated heterocycles. The number of aromatic nitrogens is 1. The molecule has 4 atom stereocenters. The van der Waals surface area contributed by atoms with E-state index in [-0.39, 0.29) is 25.2 Å². The minimum absolute atomic E-state index is 0.0350. The number of hydrogen-bond donors (Lipinski definition) is 2. The smallest absolute Gasteiger partial charge is 0.120 e. The summed E-state index contributed by atoms with van der Waals surface area (Å²) in [6, 6.07) is 6.84. The van der Waals surface area contributed by atoms with Crippen LogP contribution in [0.5, 0.6) is 5.75 Å². The topological polar surface area (TPSA) is 57.9 Å². The van der Waals surface area contributed by atoms with E-state index in [2.05, 4.69) is 41.6 Å².